The molecule has 0 radical (unpaired) electrons. The summed E-state index contributed by atoms with van der Waals surface area (Å²) >= 11 is 0. The number of rotatable bonds is 5. The standard InChI is InChI=1S/C19H21N3O3/c1-21(2)15-7-5-14(6-8-15)18(23)20-11-10-13-4-9-17-16(12-13)22(3)19(24)25-17/h4-9,12H,10-11H2,1-3H3,(H,20,23). The van der Waals surface area contributed by atoms with Gasteiger partial charge in [0, 0.05) is 38.9 Å². The van der Waals surface area contributed by atoms with Crippen LogP contribution in [0.5, 0.6) is 0 Å². The molecule has 0 bridgehead atoms. The fourth-order valence-electron chi connectivity index (χ4n) is 2.66. The number of anilines is 1. The molecule has 130 valence electrons. The van der Waals surface area contributed by atoms with Gasteiger partial charge in [0.1, 0.15) is 0 Å². The maximum atomic E-state index is 12.2. The Morgan fingerprint density at radius 1 is 1.16 bits per heavy atom. The van der Waals surface area contributed by atoms with Crippen molar-refractivity contribution in [3.63, 3.8) is 0 Å². The Labute approximate surface area is 145 Å². The molecular formula is C19H21N3O3. The average Bonchev–Trinajstić information content (AvgIpc) is 2.89. The van der Waals surface area contributed by atoms with Crippen molar-refractivity contribution in [2.45, 2.75) is 6.42 Å². The second-order valence-corrected chi connectivity index (χ2v) is 6.18. The highest BCUT2D eigenvalue weighted by Crippen LogP contribution is 2.15. The number of fused-ring (bicyclic) bond motifs is 1. The number of benzene rings is 2. The molecule has 1 N–H and O–H groups in total. The number of hydrogen-bond acceptors (Lipinski definition) is 4. The molecule has 1 aromatic heterocycles. The molecule has 6 heteroatoms. The molecule has 0 atom stereocenters. The van der Waals surface area contributed by atoms with Crippen molar-refractivity contribution in [3.8, 4) is 0 Å². The molecule has 0 aliphatic rings. The molecule has 0 spiro atoms. The Morgan fingerprint density at radius 2 is 1.88 bits per heavy atom. The van der Waals surface area contributed by atoms with Gasteiger partial charge in [-0.15, -0.1) is 0 Å². The Bertz CT molecular complexity index is 952. The number of oxazole rings is 1. The molecule has 1 amide bonds. The molecule has 2 aromatic carbocycles. The third-order valence-electron chi connectivity index (χ3n) is 4.20. The summed E-state index contributed by atoms with van der Waals surface area (Å²) < 4.78 is 6.59. The van der Waals surface area contributed by atoms with Crippen LogP contribution in [0.4, 0.5) is 5.69 Å². The number of nitrogens with zero attached hydrogens (tertiary/aromatic N) is 2. The van der Waals surface area contributed by atoms with E-state index in [1.807, 2.05) is 55.4 Å². The Morgan fingerprint density at radius 3 is 2.56 bits per heavy atom. The highest BCUT2D eigenvalue weighted by molar-refractivity contribution is 5.94. The maximum absolute atomic E-state index is 12.2. The van der Waals surface area contributed by atoms with Gasteiger partial charge in [0.25, 0.3) is 5.91 Å². The van der Waals surface area contributed by atoms with Crippen molar-refractivity contribution in [1.29, 1.82) is 0 Å². The van der Waals surface area contributed by atoms with E-state index in [-0.39, 0.29) is 11.7 Å². The fourth-order valence-corrected chi connectivity index (χ4v) is 2.66. The van der Waals surface area contributed by atoms with Gasteiger partial charge >= 0.3 is 5.76 Å². The minimum atomic E-state index is -0.373. The topological polar surface area (TPSA) is 67.5 Å². The van der Waals surface area contributed by atoms with E-state index >= 15 is 0 Å². The second-order valence-electron chi connectivity index (χ2n) is 6.18. The molecule has 0 fully saturated rings. The van der Waals surface area contributed by atoms with Crippen LogP contribution in [0.15, 0.2) is 51.7 Å². The predicted octanol–water partition coefficient (Wildman–Crippen LogP) is 2.17. The fraction of sp³-hybridized carbons (Fsp3) is 0.263. The van der Waals surface area contributed by atoms with E-state index in [0.717, 1.165) is 16.8 Å². The third kappa shape index (κ3) is 3.57. The van der Waals surface area contributed by atoms with Crippen LogP contribution >= 0.6 is 0 Å². The molecule has 3 aromatic rings. The summed E-state index contributed by atoms with van der Waals surface area (Å²) in [7, 11) is 5.60. The molecule has 1 heterocycles. The summed E-state index contributed by atoms with van der Waals surface area (Å²) in [5.74, 6) is -0.469. The van der Waals surface area contributed by atoms with Gasteiger partial charge in [0.2, 0.25) is 0 Å². The summed E-state index contributed by atoms with van der Waals surface area (Å²) in [6, 6.07) is 13.1. The lowest BCUT2D eigenvalue weighted by atomic mass is 10.1. The zero-order chi connectivity index (χ0) is 18.0. The van der Waals surface area contributed by atoms with Gasteiger partial charge in [-0.2, -0.15) is 0 Å². The summed E-state index contributed by atoms with van der Waals surface area (Å²) in [5.41, 5.74) is 4.05. The van der Waals surface area contributed by atoms with Crippen molar-refractivity contribution >= 4 is 22.7 Å². The molecule has 25 heavy (non-hydrogen) atoms. The SMILES string of the molecule is CN(C)c1ccc(C(=O)NCCc2ccc3oc(=O)n(C)c3c2)cc1. The van der Waals surface area contributed by atoms with Crippen LogP contribution in [0.1, 0.15) is 15.9 Å². The van der Waals surface area contributed by atoms with Gasteiger partial charge < -0.3 is 14.6 Å². The minimum absolute atomic E-state index is 0.0953. The Balaban J connectivity index is 1.61. The van der Waals surface area contributed by atoms with Crippen LogP contribution in [0.2, 0.25) is 0 Å². The van der Waals surface area contributed by atoms with Crippen LogP contribution in [0, 0.1) is 0 Å². The first-order chi connectivity index (χ1) is 12.0. The van der Waals surface area contributed by atoms with Crippen molar-refractivity contribution < 1.29 is 9.21 Å². The average molecular weight is 339 g/mol. The molecule has 0 aliphatic carbocycles. The third-order valence-corrected chi connectivity index (χ3v) is 4.20. The van der Waals surface area contributed by atoms with Crippen LogP contribution < -0.4 is 16.0 Å². The summed E-state index contributed by atoms with van der Waals surface area (Å²) in [6.45, 7) is 0.519. The van der Waals surface area contributed by atoms with E-state index in [2.05, 4.69) is 5.32 Å². The normalized spacial score (nSPS) is 10.8. The van der Waals surface area contributed by atoms with Gasteiger partial charge in [-0.25, -0.2) is 4.79 Å². The van der Waals surface area contributed by atoms with Gasteiger partial charge in [0.15, 0.2) is 5.58 Å². The number of carbonyl (C=O) groups is 1. The maximum Gasteiger partial charge on any atom is 0.419 e. The number of aryl methyl sites for hydroxylation is 1. The monoisotopic (exact) mass is 339 g/mol. The highest BCUT2D eigenvalue weighted by atomic mass is 16.4. The number of carbonyl (C=O) groups excluding carboxylic acids is 1. The van der Waals surface area contributed by atoms with Gasteiger partial charge in [-0.3, -0.25) is 9.36 Å². The van der Waals surface area contributed by atoms with Crippen LogP contribution in [0.25, 0.3) is 11.1 Å². The number of nitrogens with one attached hydrogen (secondary N) is 1. The first kappa shape index (κ1) is 16.8. The molecule has 6 nitrogen and oxygen atoms in total. The largest absolute Gasteiger partial charge is 0.419 e. The van der Waals surface area contributed by atoms with Crippen molar-refractivity contribution in [2.75, 3.05) is 25.5 Å². The van der Waals surface area contributed by atoms with Crippen LogP contribution in [0.3, 0.4) is 0 Å². The van der Waals surface area contributed by atoms with Gasteiger partial charge in [0.05, 0.1) is 5.52 Å². The number of hydrogen-bond donors (Lipinski definition) is 1. The first-order valence-electron chi connectivity index (χ1n) is 8.10. The summed E-state index contributed by atoms with van der Waals surface area (Å²) in [6.07, 6.45) is 0.677. The molecule has 0 saturated carbocycles. The lowest BCUT2D eigenvalue weighted by Crippen LogP contribution is -2.25. The van der Waals surface area contributed by atoms with E-state index in [4.69, 9.17) is 4.42 Å². The molecule has 3 rings (SSSR count). The smallest absolute Gasteiger partial charge is 0.408 e. The van der Waals surface area contributed by atoms with Crippen LogP contribution in [-0.2, 0) is 13.5 Å². The lowest BCUT2D eigenvalue weighted by Gasteiger charge is -2.12. The molecule has 0 aliphatic heterocycles. The zero-order valence-electron chi connectivity index (χ0n) is 14.6. The molecule has 0 saturated heterocycles. The summed E-state index contributed by atoms with van der Waals surface area (Å²) in [5, 5.41) is 2.92. The van der Waals surface area contributed by atoms with Crippen molar-refractivity contribution in [1.82, 2.24) is 9.88 Å². The number of amides is 1. The van der Waals surface area contributed by atoms with Crippen molar-refractivity contribution in [3.05, 3.63) is 64.1 Å². The lowest BCUT2D eigenvalue weighted by molar-refractivity contribution is 0.0954. The van der Waals surface area contributed by atoms with Crippen molar-refractivity contribution in [2.24, 2.45) is 7.05 Å². The van der Waals surface area contributed by atoms with Gasteiger partial charge in [-0.1, -0.05) is 6.07 Å². The summed E-state index contributed by atoms with van der Waals surface area (Å²) in [4.78, 5) is 25.7. The Hall–Kier alpha value is -3.02. The van der Waals surface area contributed by atoms with Gasteiger partial charge in [-0.05, 0) is 48.4 Å². The molecule has 0 unspecified atom stereocenters. The van der Waals surface area contributed by atoms with E-state index in [0.29, 0.717) is 24.1 Å². The quantitative estimate of drug-likeness (QED) is 0.774. The zero-order valence-corrected chi connectivity index (χ0v) is 14.6. The Kier molecular flexibility index (Phi) is 4.61. The molecular weight excluding hydrogens is 318 g/mol. The highest BCUT2D eigenvalue weighted by Gasteiger charge is 2.08. The van der Waals surface area contributed by atoms with E-state index in [1.165, 1.54) is 4.57 Å². The van der Waals surface area contributed by atoms with E-state index in [1.54, 1.807) is 13.1 Å². The second kappa shape index (κ2) is 6.84. The van der Waals surface area contributed by atoms with E-state index in [9.17, 15) is 9.59 Å². The van der Waals surface area contributed by atoms with E-state index < -0.39 is 0 Å². The minimum Gasteiger partial charge on any atom is -0.408 e. The van der Waals surface area contributed by atoms with Crippen LogP contribution in [-0.4, -0.2) is 31.1 Å². The first-order valence-corrected chi connectivity index (χ1v) is 8.10. The predicted molar refractivity (Wildman–Crippen MR) is 98.3 cm³/mol. The number of aromatic nitrogens is 1.